The van der Waals surface area contributed by atoms with Gasteiger partial charge in [-0.3, -0.25) is 0 Å². The second kappa shape index (κ2) is 10.0. The molecule has 3 aromatic rings. The minimum absolute atomic E-state index is 0.515. The molecule has 1 aliphatic carbocycles. The largest absolute Gasteiger partial charge is 0.497 e. The second-order valence-electron chi connectivity index (χ2n) is 7.02. The number of halogens is 1. The highest BCUT2D eigenvalue weighted by Gasteiger charge is 2.27. The van der Waals surface area contributed by atoms with E-state index in [0.717, 1.165) is 22.7 Å². The number of aromatic nitrogens is 3. The van der Waals surface area contributed by atoms with Crippen molar-refractivity contribution in [3.63, 3.8) is 0 Å². The third-order valence-corrected chi connectivity index (χ3v) is 5.00. The van der Waals surface area contributed by atoms with Gasteiger partial charge >= 0.3 is 0 Å². The molecule has 1 aromatic heterocycles. The lowest BCUT2D eigenvalue weighted by atomic mass is 9.96. The monoisotopic (exact) mass is 433 g/mol. The lowest BCUT2D eigenvalue weighted by Gasteiger charge is -2.19. The lowest BCUT2D eigenvalue weighted by Crippen LogP contribution is -2.68. The SMILES string of the molecule is COc1ccc(-n2nc(-c3ccccc3)c[n+]2C2CCCCC2)cc1.[O-][Cl+3]([O-])([O-])[O-]. The first-order valence-electron chi connectivity index (χ1n) is 9.68. The molecule has 0 atom stereocenters. The van der Waals surface area contributed by atoms with Crippen LogP contribution in [0, 0.1) is 10.2 Å². The van der Waals surface area contributed by atoms with Gasteiger partial charge in [0.2, 0.25) is 5.69 Å². The van der Waals surface area contributed by atoms with E-state index in [9.17, 15) is 0 Å². The number of hydrogen-bond acceptors (Lipinski definition) is 6. The predicted molar refractivity (Wildman–Crippen MR) is 97.9 cm³/mol. The van der Waals surface area contributed by atoms with Gasteiger partial charge < -0.3 is 4.74 Å². The topological polar surface area (TPSA) is 123 Å². The van der Waals surface area contributed by atoms with Gasteiger partial charge in [-0.2, -0.15) is 4.68 Å². The summed E-state index contributed by atoms with van der Waals surface area (Å²) in [6.07, 6.45) is 8.59. The van der Waals surface area contributed by atoms with Crippen molar-refractivity contribution in [2.45, 2.75) is 38.1 Å². The predicted octanol–water partition coefficient (Wildman–Crippen LogP) is -0.415. The van der Waals surface area contributed by atoms with Crippen LogP contribution in [0.25, 0.3) is 16.9 Å². The average Bonchev–Trinajstić information content (AvgIpc) is 3.19. The van der Waals surface area contributed by atoms with E-state index in [1.165, 1.54) is 32.1 Å². The molecule has 0 unspecified atom stereocenters. The van der Waals surface area contributed by atoms with Crippen molar-refractivity contribution >= 4 is 0 Å². The quantitative estimate of drug-likeness (QED) is 0.515. The van der Waals surface area contributed by atoms with Crippen molar-refractivity contribution in [2.75, 3.05) is 7.11 Å². The summed E-state index contributed by atoms with van der Waals surface area (Å²) < 4.78 is 41.6. The fourth-order valence-electron chi connectivity index (χ4n) is 3.61. The molecular formula is C21H24ClN3O5. The van der Waals surface area contributed by atoms with E-state index >= 15 is 0 Å². The van der Waals surface area contributed by atoms with E-state index < -0.39 is 10.2 Å². The van der Waals surface area contributed by atoms with E-state index in [2.05, 4.69) is 52.1 Å². The van der Waals surface area contributed by atoms with Crippen LogP contribution in [0.1, 0.15) is 38.1 Å². The lowest BCUT2D eigenvalue weighted by molar-refractivity contribution is -2.00. The van der Waals surface area contributed by atoms with Gasteiger partial charge in [-0.05, 0) is 54.7 Å². The Morgan fingerprint density at radius 2 is 1.53 bits per heavy atom. The summed E-state index contributed by atoms with van der Waals surface area (Å²) >= 11 is 0. The molecule has 1 aliphatic rings. The van der Waals surface area contributed by atoms with Crippen LogP contribution in [-0.4, -0.2) is 17.0 Å². The summed E-state index contributed by atoms with van der Waals surface area (Å²) in [6.45, 7) is 0. The molecule has 4 rings (SSSR count). The number of rotatable bonds is 4. The molecule has 160 valence electrons. The molecule has 1 heterocycles. The van der Waals surface area contributed by atoms with Gasteiger partial charge in [-0.15, -0.1) is 10.2 Å². The number of benzene rings is 2. The Balaban J connectivity index is 0.000000461. The van der Waals surface area contributed by atoms with Crippen LogP contribution in [0.5, 0.6) is 5.75 Å². The van der Waals surface area contributed by atoms with Gasteiger partial charge in [0, 0.05) is 5.56 Å². The maximum atomic E-state index is 8.49. The van der Waals surface area contributed by atoms with Gasteiger partial charge in [-0.25, -0.2) is 18.6 Å². The normalized spacial score (nSPS) is 14.7. The molecule has 1 fully saturated rings. The number of hydrogen-bond donors (Lipinski definition) is 0. The van der Waals surface area contributed by atoms with E-state index in [1.807, 2.05) is 18.2 Å². The van der Waals surface area contributed by atoms with E-state index in [1.54, 1.807) is 7.11 Å². The first-order chi connectivity index (χ1) is 14.3. The minimum atomic E-state index is -4.94. The van der Waals surface area contributed by atoms with Gasteiger partial charge in [0.25, 0.3) is 0 Å². The molecule has 2 aromatic carbocycles. The summed E-state index contributed by atoms with van der Waals surface area (Å²) in [6, 6.07) is 19.0. The highest BCUT2D eigenvalue weighted by atomic mass is 35.7. The van der Waals surface area contributed by atoms with Crippen LogP contribution >= 0.6 is 0 Å². The Hall–Kier alpha value is -2.49. The van der Waals surface area contributed by atoms with Crippen molar-refractivity contribution in [3.8, 4) is 22.7 Å². The van der Waals surface area contributed by atoms with E-state index in [-0.39, 0.29) is 0 Å². The summed E-state index contributed by atoms with van der Waals surface area (Å²) in [5.41, 5.74) is 3.23. The maximum Gasteiger partial charge on any atom is 0.249 e. The first-order valence-corrected chi connectivity index (χ1v) is 10.9. The third kappa shape index (κ3) is 6.25. The zero-order chi connectivity index (χ0) is 21.6. The maximum absolute atomic E-state index is 8.49. The molecule has 30 heavy (non-hydrogen) atoms. The first kappa shape index (κ1) is 22.2. The highest BCUT2D eigenvalue weighted by Crippen LogP contribution is 2.26. The fraction of sp³-hybridized carbons (Fsp3) is 0.333. The molecule has 1 saturated carbocycles. The van der Waals surface area contributed by atoms with Gasteiger partial charge in [0.1, 0.15) is 17.5 Å². The molecule has 0 spiro atoms. The molecule has 9 heteroatoms. The van der Waals surface area contributed by atoms with Crippen molar-refractivity contribution in [1.29, 1.82) is 0 Å². The van der Waals surface area contributed by atoms with E-state index in [4.69, 9.17) is 28.5 Å². The van der Waals surface area contributed by atoms with Crippen LogP contribution in [0.3, 0.4) is 0 Å². The zero-order valence-electron chi connectivity index (χ0n) is 16.6. The average molecular weight is 434 g/mol. The summed E-state index contributed by atoms with van der Waals surface area (Å²) in [4.78, 5) is 2.05. The molecule has 0 amide bonds. The number of ether oxygens (including phenoxy) is 1. The minimum Gasteiger partial charge on any atom is -0.497 e. The van der Waals surface area contributed by atoms with Gasteiger partial charge in [0.15, 0.2) is 6.20 Å². The van der Waals surface area contributed by atoms with Crippen molar-refractivity contribution in [1.82, 2.24) is 9.90 Å². The second-order valence-corrected chi connectivity index (χ2v) is 7.77. The standard InChI is InChI=1S/C21H24N3O.ClHO4/c1-25-20-14-12-19(13-15-20)24-22-21(17-8-4-2-5-9-17)16-23(24)18-10-6-3-7-11-18;2-1(3,4)5/h2,4-5,8-9,12-16,18H,3,6-7,10-11H2,1H3;(H,2,3,4,5)/q+1;/p-1. The van der Waals surface area contributed by atoms with Crippen LogP contribution in [0.2, 0.25) is 0 Å². The van der Waals surface area contributed by atoms with Gasteiger partial charge in [-0.1, -0.05) is 36.8 Å². The molecular weight excluding hydrogens is 410 g/mol. The highest BCUT2D eigenvalue weighted by molar-refractivity contribution is 5.56. The Bertz CT molecular complexity index is 914. The molecule has 0 radical (unpaired) electrons. The van der Waals surface area contributed by atoms with Crippen molar-refractivity contribution < 1.29 is 38.3 Å². The van der Waals surface area contributed by atoms with Crippen LogP contribution < -0.4 is 28.1 Å². The van der Waals surface area contributed by atoms with Crippen LogP contribution in [-0.2, 0) is 0 Å². The van der Waals surface area contributed by atoms with Crippen LogP contribution in [0.4, 0.5) is 0 Å². The molecule has 0 bridgehead atoms. The number of nitrogens with zero attached hydrogens (tertiary/aromatic N) is 3. The van der Waals surface area contributed by atoms with Crippen LogP contribution in [0.15, 0.2) is 60.8 Å². The Labute approximate surface area is 177 Å². The van der Waals surface area contributed by atoms with E-state index in [0.29, 0.717) is 6.04 Å². The third-order valence-electron chi connectivity index (χ3n) is 5.00. The Morgan fingerprint density at radius 1 is 0.933 bits per heavy atom. The van der Waals surface area contributed by atoms with Crippen molar-refractivity contribution in [2.24, 2.45) is 0 Å². The molecule has 8 nitrogen and oxygen atoms in total. The van der Waals surface area contributed by atoms with Crippen molar-refractivity contribution in [3.05, 3.63) is 60.8 Å². The smallest absolute Gasteiger partial charge is 0.249 e. The Morgan fingerprint density at radius 3 is 2.10 bits per heavy atom. The Kier molecular flexibility index (Phi) is 7.41. The van der Waals surface area contributed by atoms with Gasteiger partial charge in [0.05, 0.1) is 12.2 Å². The molecule has 0 saturated heterocycles. The summed E-state index contributed by atoms with van der Waals surface area (Å²) in [7, 11) is -3.25. The fourth-order valence-corrected chi connectivity index (χ4v) is 3.61. The summed E-state index contributed by atoms with van der Waals surface area (Å²) in [5.74, 6) is 0.864. The number of methoxy groups -OCH3 is 1. The molecule has 0 aliphatic heterocycles. The molecule has 0 N–H and O–H groups in total. The summed E-state index contributed by atoms with van der Waals surface area (Å²) in [5, 5.41) is 4.92. The zero-order valence-corrected chi connectivity index (χ0v) is 17.4.